The van der Waals surface area contributed by atoms with E-state index in [4.69, 9.17) is 18.9 Å². The lowest BCUT2D eigenvalue weighted by Crippen LogP contribution is -2.45. The Balaban J connectivity index is 1.67. The minimum Gasteiger partial charge on any atom is -0.503 e. The Bertz CT molecular complexity index is 950. The quantitative estimate of drug-likeness (QED) is 0.651. The van der Waals surface area contributed by atoms with E-state index in [1.807, 2.05) is 31.2 Å². The van der Waals surface area contributed by atoms with E-state index in [0.29, 0.717) is 13.0 Å². The van der Waals surface area contributed by atoms with Crippen molar-refractivity contribution >= 4 is 11.9 Å². The Morgan fingerprint density at radius 2 is 2.06 bits per heavy atom. The second-order valence-corrected chi connectivity index (χ2v) is 7.68. The first-order valence-corrected chi connectivity index (χ1v) is 10.3. The number of carbonyl (C=O) groups excluding carboxylic acids is 2. The van der Waals surface area contributed by atoms with E-state index >= 15 is 0 Å². The molecule has 1 aliphatic heterocycles. The molecule has 9 nitrogen and oxygen atoms in total. The van der Waals surface area contributed by atoms with Crippen LogP contribution in [0.15, 0.2) is 36.5 Å². The normalized spacial score (nSPS) is 21.5. The van der Waals surface area contributed by atoms with E-state index in [2.05, 4.69) is 10.3 Å². The molecular formula is C23H28N2O7. The Labute approximate surface area is 186 Å². The maximum absolute atomic E-state index is 12.6. The van der Waals surface area contributed by atoms with E-state index in [9.17, 15) is 14.7 Å². The molecule has 32 heavy (non-hydrogen) atoms. The summed E-state index contributed by atoms with van der Waals surface area (Å²) in [5.41, 5.74) is 0.848. The topological polar surface area (TPSA) is 116 Å². The number of benzene rings is 1. The number of hydrogen-bond donors (Lipinski definition) is 2. The number of nitrogens with one attached hydrogen (secondary N) is 1. The average molecular weight is 444 g/mol. The van der Waals surface area contributed by atoms with E-state index in [0.717, 1.165) is 17.7 Å². The zero-order chi connectivity index (χ0) is 23.1. The standard InChI is InChI=1S/C23H28N2O7/c1-14-9-16(10-15-5-4-6-17(11-15)29-2)12-31-13-18(23(28)32-14)25-22(27)20-21(26)19(30-3)7-8-24-20/h4-8,11,14,16,18,26H,9-10,12-13H2,1-3H3,(H,25,27)/t14?,16?,18-/m0/s1. The van der Waals surface area contributed by atoms with E-state index in [-0.39, 0.29) is 30.1 Å². The van der Waals surface area contributed by atoms with Gasteiger partial charge >= 0.3 is 5.97 Å². The molecule has 2 aromatic rings. The number of amides is 1. The Morgan fingerprint density at radius 1 is 1.25 bits per heavy atom. The minimum atomic E-state index is -1.03. The highest BCUT2D eigenvalue weighted by atomic mass is 16.5. The van der Waals surface area contributed by atoms with Gasteiger partial charge in [-0.15, -0.1) is 0 Å². The van der Waals surface area contributed by atoms with E-state index in [1.165, 1.54) is 19.4 Å². The first-order valence-electron chi connectivity index (χ1n) is 10.3. The van der Waals surface area contributed by atoms with Gasteiger partial charge in [-0.2, -0.15) is 0 Å². The van der Waals surface area contributed by atoms with Gasteiger partial charge in [0.15, 0.2) is 23.2 Å². The smallest absolute Gasteiger partial charge is 0.331 e. The van der Waals surface area contributed by atoms with Crippen LogP contribution in [0.4, 0.5) is 0 Å². The average Bonchev–Trinajstić information content (AvgIpc) is 2.83. The Kier molecular flexibility index (Phi) is 7.88. The lowest BCUT2D eigenvalue weighted by molar-refractivity contribution is -0.151. The van der Waals surface area contributed by atoms with E-state index in [1.54, 1.807) is 7.11 Å². The lowest BCUT2D eigenvalue weighted by atomic mass is 9.94. The fourth-order valence-electron chi connectivity index (χ4n) is 3.66. The number of carbonyl (C=O) groups is 2. The Hall–Kier alpha value is -3.33. The molecule has 1 amide bonds. The summed E-state index contributed by atoms with van der Waals surface area (Å²) in [5, 5.41) is 12.7. The molecule has 172 valence electrons. The van der Waals surface area contributed by atoms with Crippen LogP contribution >= 0.6 is 0 Å². The van der Waals surface area contributed by atoms with Crippen LogP contribution in [0.25, 0.3) is 0 Å². The first kappa shape index (κ1) is 23.3. The highest BCUT2D eigenvalue weighted by molar-refractivity contribution is 5.98. The van der Waals surface area contributed by atoms with Crippen molar-refractivity contribution in [2.45, 2.75) is 31.9 Å². The molecule has 0 aliphatic carbocycles. The van der Waals surface area contributed by atoms with Crippen LogP contribution in [0.1, 0.15) is 29.4 Å². The zero-order valence-electron chi connectivity index (χ0n) is 18.4. The third kappa shape index (κ3) is 5.88. The van der Waals surface area contributed by atoms with Crippen LogP contribution in [-0.4, -0.2) is 61.5 Å². The predicted octanol–water partition coefficient (Wildman–Crippen LogP) is 2.11. The van der Waals surface area contributed by atoms with E-state index < -0.39 is 23.7 Å². The molecule has 9 heteroatoms. The van der Waals surface area contributed by atoms with Gasteiger partial charge in [0.05, 0.1) is 26.9 Å². The number of rotatable bonds is 6. The van der Waals surface area contributed by atoms with Crippen LogP contribution in [0, 0.1) is 5.92 Å². The Morgan fingerprint density at radius 3 is 2.81 bits per heavy atom. The molecule has 2 unspecified atom stereocenters. The molecule has 0 radical (unpaired) electrons. The molecule has 0 spiro atoms. The molecule has 2 N–H and O–H groups in total. The lowest BCUT2D eigenvalue weighted by Gasteiger charge is -2.20. The van der Waals surface area contributed by atoms with Gasteiger partial charge in [-0.3, -0.25) is 4.79 Å². The molecule has 1 aliphatic rings. The van der Waals surface area contributed by atoms with Gasteiger partial charge in [0.2, 0.25) is 0 Å². The van der Waals surface area contributed by atoms with Crippen molar-refractivity contribution in [3.8, 4) is 17.2 Å². The number of esters is 1. The third-order valence-corrected chi connectivity index (χ3v) is 5.19. The van der Waals surface area contributed by atoms with Crippen molar-refractivity contribution in [3.63, 3.8) is 0 Å². The highest BCUT2D eigenvalue weighted by Gasteiger charge is 2.30. The van der Waals surface area contributed by atoms with Gasteiger partial charge in [0.25, 0.3) is 5.91 Å². The summed E-state index contributed by atoms with van der Waals surface area (Å²) >= 11 is 0. The maximum atomic E-state index is 12.6. The molecule has 1 saturated heterocycles. The van der Waals surface area contributed by atoms with Crippen LogP contribution in [0.5, 0.6) is 17.2 Å². The largest absolute Gasteiger partial charge is 0.503 e. The second-order valence-electron chi connectivity index (χ2n) is 7.68. The number of aromatic hydroxyl groups is 1. The van der Waals surface area contributed by atoms with Gasteiger partial charge < -0.3 is 29.4 Å². The molecule has 2 heterocycles. The summed E-state index contributed by atoms with van der Waals surface area (Å²) in [7, 11) is 2.99. The van der Waals surface area contributed by atoms with Crippen molar-refractivity contribution in [3.05, 3.63) is 47.8 Å². The van der Waals surface area contributed by atoms with Gasteiger partial charge in [-0.25, -0.2) is 9.78 Å². The summed E-state index contributed by atoms with van der Waals surface area (Å²) in [6, 6.07) is 8.19. The van der Waals surface area contributed by atoms with Crippen LogP contribution in [0.3, 0.4) is 0 Å². The van der Waals surface area contributed by atoms with Gasteiger partial charge in [0.1, 0.15) is 5.75 Å². The van der Waals surface area contributed by atoms with Crippen molar-refractivity contribution in [1.82, 2.24) is 10.3 Å². The summed E-state index contributed by atoms with van der Waals surface area (Å²) in [6.07, 6.45) is 2.32. The van der Waals surface area contributed by atoms with Crippen molar-refractivity contribution < 1.29 is 33.6 Å². The van der Waals surface area contributed by atoms with Crippen molar-refractivity contribution in [1.29, 1.82) is 0 Å². The number of methoxy groups -OCH3 is 2. The monoisotopic (exact) mass is 444 g/mol. The fourth-order valence-corrected chi connectivity index (χ4v) is 3.66. The molecule has 3 atom stereocenters. The number of cyclic esters (lactones) is 1. The molecule has 3 rings (SSSR count). The number of hydrogen-bond acceptors (Lipinski definition) is 8. The summed E-state index contributed by atoms with van der Waals surface area (Å²) in [6.45, 7) is 2.15. The van der Waals surface area contributed by atoms with Gasteiger partial charge in [-0.1, -0.05) is 12.1 Å². The highest BCUT2D eigenvalue weighted by Crippen LogP contribution is 2.27. The summed E-state index contributed by atoms with van der Waals surface area (Å²) in [4.78, 5) is 29.1. The number of pyridine rings is 1. The van der Waals surface area contributed by atoms with Crippen LogP contribution in [-0.2, 0) is 20.7 Å². The predicted molar refractivity (Wildman–Crippen MR) is 115 cm³/mol. The number of ether oxygens (including phenoxy) is 4. The number of nitrogens with zero attached hydrogens (tertiary/aromatic N) is 1. The van der Waals surface area contributed by atoms with Crippen molar-refractivity contribution in [2.24, 2.45) is 5.92 Å². The molecule has 0 bridgehead atoms. The second kappa shape index (κ2) is 10.8. The molecule has 1 aromatic carbocycles. The third-order valence-electron chi connectivity index (χ3n) is 5.19. The number of aromatic nitrogens is 1. The van der Waals surface area contributed by atoms with Crippen molar-refractivity contribution in [2.75, 3.05) is 27.4 Å². The summed E-state index contributed by atoms with van der Waals surface area (Å²) < 4.78 is 21.6. The molecular weight excluding hydrogens is 416 g/mol. The SMILES string of the molecule is COc1cccc(CC2COC[C@H](NC(=O)c3nccc(OC)c3O)C(=O)OC(C)C2)c1. The van der Waals surface area contributed by atoms with Gasteiger partial charge in [-0.05, 0) is 43.4 Å². The fraction of sp³-hybridized carbons (Fsp3) is 0.435. The van der Waals surface area contributed by atoms with Crippen LogP contribution in [0.2, 0.25) is 0 Å². The first-order chi connectivity index (χ1) is 15.4. The summed E-state index contributed by atoms with van der Waals surface area (Å²) in [5.74, 6) is -0.738. The van der Waals surface area contributed by atoms with Crippen LogP contribution < -0.4 is 14.8 Å². The maximum Gasteiger partial charge on any atom is 0.331 e. The molecule has 1 aromatic heterocycles. The van der Waals surface area contributed by atoms with Gasteiger partial charge in [0, 0.05) is 18.9 Å². The molecule has 1 fully saturated rings. The minimum absolute atomic E-state index is 0.0589. The molecule has 0 saturated carbocycles. The zero-order valence-corrected chi connectivity index (χ0v) is 18.4.